The smallest absolute Gasteiger partial charge is 0.409 e. The molecule has 1 saturated heterocycles. The average molecular weight is 683 g/mol. The lowest BCUT2D eigenvalue weighted by molar-refractivity contribution is -0.133. The molecule has 0 aliphatic carbocycles. The van der Waals surface area contributed by atoms with Gasteiger partial charge in [0.05, 0.1) is 24.2 Å². The maximum atomic E-state index is 13.4. The van der Waals surface area contributed by atoms with Crippen LogP contribution in [-0.2, 0) is 10.2 Å². The number of carboxylic acid groups (broad SMARTS) is 1. The number of nitrogens with one attached hydrogen (secondary N) is 3. The third-order valence-corrected chi connectivity index (χ3v) is 8.61. The zero-order valence-electron chi connectivity index (χ0n) is 29.0. The summed E-state index contributed by atoms with van der Waals surface area (Å²) in [5.74, 6) is 0.854. The van der Waals surface area contributed by atoms with Crippen LogP contribution in [0.1, 0.15) is 57.1 Å². The Labute approximate surface area is 290 Å². The number of fused-ring (bicyclic) bond motifs is 1. The summed E-state index contributed by atoms with van der Waals surface area (Å²) in [5.41, 5.74) is 1.66. The molecule has 0 bridgehead atoms. The Morgan fingerprint density at radius 3 is 2.24 bits per heavy atom. The van der Waals surface area contributed by atoms with Crippen LogP contribution >= 0.6 is 0 Å². The Balaban J connectivity index is 1.36. The zero-order chi connectivity index (χ0) is 36.2. The van der Waals surface area contributed by atoms with E-state index in [9.17, 15) is 24.3 Å². The molecule has 4 N–H and O–H groups in total. The minimum Gasteiger partial charge on any atom is -0.492 e. The standard InChI is InChI=1S/C37H42N6O7/c1-7-24-21-42(16-17-43(24)22(2)44)34(45)31-20-25(14-15-38-31)50-32-13-12-28(26-10-8-9-11-27(26)32)39-35(46)40-29-18-23(37(3,4)5)19-30(33(29)49-6)41-36(47)48/h8-15,18-20,24,41H,7,16-17,21H2,1-6H3,(H,47,48)(H2,39,40,46). The fourth-order valence-electron chi connectivity index (χ4n) is 6.01. The highest BCUT2D eigenvalue weighted by atomic mass is 16.5. The van der Waals surface area contributed by atoms with Gasteiger partial charge < -0.3 is 35.0 Å². The van der Waals surface area contributed by atoms with Crippen molar-refractivity contribution in [2.45, 2.75) is 52.5 Å². The van der Waals surface area contributed by atoms with E-state index in [0.29, 0.717) is 53.3 Å². The minimum absolute atomic E-state index is 0.00165. The third kappa shape index (κ3) is 7.88. The molecule has 4 aromatic rings. The monoisotopic (exact) mass is 682 g/mol. The number of carbonyl (C=O) groups is 4. The largest absolute Gasteiger partial charge is 0.492 e. The molecule has 1 aromatic heterocycles. The van der Waals surface area contributed by atoms with Crippen LogP contribution in [0, 0.1) is 0 Å². The van der Waals surface area contributed by atoms with Crippen molar-refractivity contribution in [3.8, 4) is 17.2 Å². The van der Waals surface area contributed by atoms with Crippen molar-refractivity contribution in [2.24, 2.45) is 0 Å². The van der Waals surface area contributed by atoms with Gasteiger partial charge in [0.2, 0.25) is 5.91 Å². The Kier molecular flexibility index (Phi) is 10.4. The van der Waals surface area contributed by atoms with Crippen molar-refractivity contribution in [3.63, 3.8) is 0 Å². The molecule has 2 heterocycles. The quantitative estimate of drug-likeness (QED) is 0.152. The molecule has 13 nitrogen and oxygen atoms in total. The Morgan fingerprint density at radius 2 is 1.60 bits per heavy atom. The molecule has 262 valence electrons. The Bertz CT molecular complexity index is 1940. The number of benzene rings is 3. The van der Waals surface area contributed by atoms with Gasteiger partial charge in [0.25, 0.3) is 5.91 Å². The summed E-state index contributed by atoms with van der Waals surface area (Å²) in [6, 6.07) is 16.9. The van der Waals surface area contributed by atoms with Crippen molar-refractivity contribution >= 4 is 51.8 Å². The summed E-state index contributed by atoms with van der Waals surface area (Å²) in [6.07, 6.45) is 1.00. The molecule has 1 fully saturated rings. The molecule has 1 unspecified atom stereocenters. The third-order valence-electron chi connectivity index (χ3n) is 8.61. The Morgan fingerprint density at radius 1 is 0.920 bits per heavy atom. The van der Waals surface area contributed by atoms with Gasteiger partial charge in [0, 0.05) is 55.6 Å². The maximum Gasteiger partial charge on any atom is 0.409 e. The van der Waals surface area contributed by atoms with Gasteiger partial charge in [-0.3, -0.25) is 19.9 Å². The number of amides is 5. The molecular weight excluding hydrogens is 640 g/mol. The van der Waals surface area contributed by atoms with Gasteiger partial charge in [-0.25, -0.2) is 9.59 Å². The summed E-state index contributed by atoms with van der Waals surface area (Å²) >= 11 is 0. The molecule has 0 spiro atoms. The molecule has 0 radical (unpaired) electrons. The summed E-state index contributed by atoms with van der Waals surface area (Å²) in [4.78, 5) is 58.2. The number of piperazine rings is 1. The first-order valence-corrected chi connectivity index (χ1v) is 16.3. The lowest BCUT2D eigenvalue weighted by Crippen LogP contribution is -2.55. The molecule has 1 aliphatic heterocycles. The number of pyridine rings is 1. The summed E-state index contributed by atoms with van der Waals surface area (Å²) in [5, 5.41) is 18.9. The van der Waals surface area contributed by atoms with Crippen LogP contribution in [0.4, 0.5) is 26.7 Å². The van der Waals surface area contributed by atoms with Gasteiger partial charge in [-0.2, -0.15) is 0 Å². The summed E-state index contributed by atoms with van der Waals surface area (Å²) < 4.78 is 11.8. The van der Waals surface area contributed by atoms with E-state index in [1.807, 2.05) is 52.0 Å². The second-order valence-electron chi connectivity index (χ2n) is 13.0. The maximum absolute atomic E-state index is 13.4. The normalized spacial score (nSPS) is 14.6. The molecule has 1 aliphatic rings. The molecule has 13 heteroatoms. The predicted molar refractivity (Wildman–Crippen MR) is 192 cm³/mol. The molecule has 0 saturated carbocycles. The van der Waals surface area contributed by atoms with E-state index in [1.165, 1.54) is 13.3 Å². The van der Waals surface area contributed by atoms with E-state index in [-0.39, 0.29) is 40.4 Å². The topological polar surface area (TPSA) is 162 Å². The van der Waals surface area contributed by atoms with Crippen LogP contribution in [0.3, 0.4) is 0 Å². The Hall–Kier alpha value is -5.85. The molecule has 1 atom stereocenters. The summed E-state index contributed by atoms with van der Waals surface area (Å²) in [6.45, 7) is 10.8. The average Bonchev–Trinajstić information content (AvgIpc) is 3.08. The van der Waals surface area contributed by atoms with E-state index in [1.54, 1.807) is 53.1 Å². The van der Waals surface area contributed by atoms with E-state index >= 15 is 0 Å². The second kappa shape index (κ2) is 14.7. The van der Waals surface area contributed by atoms with Gasteiger partial charge in [-0.15, -0.1) is 0 Å². The summed E-state index contributed by atoms with van der Waals surface area (Å²) in [7, 11) is 1.40. The number of urea groups is 1. The molecule has 5 rings (SSSR count). The van der Waals surface area contributed by atoms with E-state index in [0.717, 1.165) is 12.0 Å². The number of anilines is 3. The molecule has 5 amide bonds. The van der Waals surface area contributed by atoms with Crippen molar-refractivity contribution in [1.82, 2.24) is 14.8 Å². The number of ether oxygens (including phenoxy) is 2. The number of hydrogen-bond acceptors (Lipinski definition) is 7. The number of aromatic nitrogens is 1. The second-order valence-corrected chi connectivity index (χ2v) is 13.0. The minimum atomic E-state index is -1.26. The number of methoxy groups -OCH3 is 1. The lowest BCUT2D eigenvalue weighted by atomic mass is 9.86. The molecule has 3 aromatic carbocycles. The molecular formula is C37H42N6O7. The number of hydrogen-bond donors (Lipinski definition) is 4. The van der Waals surface area contributed by atoms with Crippen LogP contribution < -0.4 is 25.4 Å². The van der Waals surface area contributed by atoms with Crippen LogP contribution in [0.2, 0.25) is 0 Å². The van der Waals surface area contributed by atoms with Crippen molar-refractivity contribution < 1.29 is 33.8 Å². The van der Waals surface area contributed by atoms with Crippen LogP contribution in [0.15, 0.2) is 66.9 Å². The van der Waals surface area contributed by atoms with E-state index < -0.39 is 12.1 Å². The highest BCUT2D eigenvalue weighted by Crippen LogP contribution is 2.39. The van der Waals surface area contributed by atoms with Crippen molar-refractivity contribution in [2.75, 3.05) is 42.7 Å². The van der Waals surface area contributed by atoms with Crippen LogP contribution in [0.5, 0.6) is 17.2 Å². The fourth-order valence-corrected chi connectivity index (χ4v) is 6.01. The first-order valence-electron chi connectivity index (χ1n) is 16.3. The van der Waals surface area contributed by atoms with Gasteiger partial charge >= 0.3 is 12.1 Å². The number of rotatable bonds is 8. The van der Waals surface area contributed by atoms with E-state index in [4.69, 9.17) is 9.47 Å². The SMILES string of the molecule is CCC1CN(C(=O)c2cc(Oc3ccc(NC(=O)Nc4cc(C(C)(C)C)cc(NC(=O)O)c4OC)c4ccccc34)ccn2)CCN1C(C)=O. The molecule has 50 heavy (non-hydrogen) atoms. The van der Waals surface area contributed by atoms with Crippen molar-refractivity contribution in [3.05, 3.63) is 78.1 Å². The van der Waals surface area contributed by atoms with Crippen LogP contribution in [-0.4, -0.2) is 76.6 Å². The van der Waals surface area contributed by atoms with Gasteiger partial charge in [-0.05, 0) is 47.7 Å². The van der Waals surface area contributed by atoms with Gasteiger partial charge in [0.15, 0.2) is 5.75 Å². The van der Waals surface area contributed by atoms with E-state index in [2.05, 4.69) is 20.9 Å². The number of nitrogens with zero attached hydrogens (tertiary/aromatic N) is 3. The first-order chi connectivity index (χ1) is 23.8. The van der Waals surface area contributed by atoms with Gasteiger partial charge in [-0.1, -0.05) is 52.0 Å². The van der Waals surface area contributed by atoms with Crippen molar-refractivity contribution in [1.29, 1.82) is 0 Å². The lowest BCUT2D eigenvalue weighted by Gasteiger charge is -2.40. The highest BCUT2D eigenvalue weighted by molar-refractivity contribution is 6.08. The predicted octanol–water partition coefficient (Wildman–Crippen LogP) is 7.15. The first kappa shape index (κ1) is 35.5. The highest BCUT2D eigenvalue weighted by Gasteiger charge is 2.31. The zero-order valence-corrected chi connectivity index (χ0v) is 29.0. The van der Waals surface area contributed by atoms with Gasteiger partial charge in [0.1, 0.15) is 17.2 Å². The van der Waals surface area contributed by atoms with Crippen LogP contribution in [0.25, 0.3) is 10.8 Å². The number of carbonyl (C=O) groups excluding carboxylic acids is 3. The fraction of sp³-hybridized carbons (Fsp3) is 0.324.